The summed E-state index contributed by atoms with van der Waals surface area (Å²) in [7, 11) is 0. The van der Waals surface area contributed by atoms with Gasteiger partial charge in [0.15, 0.2) is 0 Å². The predicted molar refractivity (Wildman–Crippen MR) is 101 cm³/mol. The number of amides is 1. The van der Waals surface area contributed by atoms with Crippen LogP contribution in [0, 0.1) is 0 Å². The number of hydrogen-bond donors (Lipinski definition) is 3. The molecular weight excluding hydrogens is 322 g/mol. The summed E-state index contributed by atoms with van der Waals surface area (Å²) in [6.45, 7) is 0. The fraction of sp³-hybridized carbons (Fsp3) is 0.316. The number of nitrogen functional groups attached to an aromatic ring is 1. The van der Waals surface area contributed by atoms with Gasteiger partial charge in [-0.25, -0.2) is 0 Å². The second kappa shape index (κ2) is 7.58. The van der Waals surface area contributed by atoms with E-state index < -0.39 is 0 Å². The second-order valence-corrected chi connectivity index (χ2v) is 6.63. The first-order valence-corrected chi connectivity index (χ1v) is 8.73. The number of benzene rings is 2. The molecule has 1 fully saturated rings. The highest BCUT2D eigenvalue weighted by Gasteiger charge is 2.16. The van der Waals surface area contributed by atoms with Crippen LogP contribution in [0.25, 0.3) is 0 Å². The van der Waals surface area contributed by atoms with Gasteiger partial charge in [0.2, 0.25) is 0 Å². The first kappa shape index (κ1) is 16.7. The van der Waals surface area contributed by atoms with Crippen LogP contribution in [0.1, 0.15) is 42.5 Å². The van der Waals surface area contributed by atoms with Gasteiger partial charge in [-0.2, -0.15) is 0 Å². The molecule has 0 unspecified atom stereocenters. The molecule has 0 spiro atoms. The maximum atomic E-state index is 12.3. The maximum Gasteiger partial charge on any atom is 0.255 e. The quantitative estimate of drug-likeness (QED) is 0.690. The number of nitrogens with two attached hydrogens (primary N) is 1. The smallest absolute Gasteiger partial charge is 0.255 e. The molecule has 3 rings (SSSR count). The highest BCUT2D eigenvalue weighted by molar-refractivity contribution is 6.34. The molecule has 0 bridgehead atoms. The predicted octanol–water partition coefficient (Wildman–Crippen LogP) is 4.92. The number of rotatable bonds is 4. The number of nitrogens with one attached hydrogen (secondary N) is 2. The lowest BCUT2D eigenvalue weighted by Gasteiger charge is -2.25. The van der Waals surface area contributed by atoms with Gasteiger partial charge in [-0.05, 0) is 37.1 Å². The Morgan fingerprint density at radius 2 is 1.75 bits per heavy atom. The van der Waals surface area contributed by atoms with Crippen LogP contribution < -0.4 is 16.4 Å². The Morgan fingerprint density at radius 3 is 2.46 bits per heavy atom. The van der Waals surface area contributed by atoms with Gasteiger partial charge >= 0.3 is 0 Å². The maximum absolute atomic E-state index is 12.3. The van der Waals surface area contributed by atoms with Crippen molar-refractivity contribution >= 4 is 34.6 Å². The van der Waals surface area contributed by atoms with Crippen molar-refractivity contribution in [3.05, 3.63) is 53.1 Å². The van der Waals surface area contributed by atoms with Crippen molar-refractivity contribution in [1.29, 1.82) is 0 Å². The highest BCUT2D eigenvalue weighted by Crippen LogP contribution is 2.33. The summed E-state index contributed by atoms with van der Waals surface area (Å²) in [5.41, 5.74) is 8.68. The lowest BCUT2D eigenvalue weighted by atomic mass is 9.95. The molecule has 24 heavy (non-hydrogen) atoms. The Bertz CT molecular complexity index is 712. The molecule has 2 aromatic rings. The third-order valence-electron chi connectivity index (χ3n) is 4.39. The van der Waals surface area contributed by atoms with Crippen molar-refractivity contribution in [3.8, 4) is 0 Å². The Kier molecular flexibility index (Phi) is 5.26. The lowest BCUT2D eigenvalue weighted by molar-refractivity contribution is 0.102. The molecule has 0 radical (unpaired) electrons. The van der Waals surface area contributed by atoms with E-state index in [0.717, 1.165) is 18.5 Å². The van der Waals surface area contributed by atoms with Crippen molar-refractivity contribution in [2.45, 2.75) is 38.1 Å². The molecule has 1 amide bonds. The van der Waals surface area contributed by atoms with E-state index in [1.165, 1.54) is 19.3 Å². The highest BCUT2D eigenvalue weighted by atomic mass is 35.5. The zero-order valence-corrected chi connectivity index (χ0v) is 14.3. The average molecular weight is 344 g/mol. The van der Waals surface area contributed by atoms with E-state index >= 15 is 0 Å². The van der Waals surface area contributed by atoms with Crippen molar-refractivity contribution in [2.75, 3.05) is 16.4 Å². The minimum Gasteiger partial charge on any atom is -0.397 e. The number of hydrogen-bond acceptors (Lipinski definition) is 3. The Labute approximate surface area is 147 Å². The largest absolute Gasteiger partial charge is 0.397 e. The Hall–Kier alpha value is -2.20. The summed E-state index contributed by atoms with van der Waals surface area (Å²) < 4.78 is 0. The van der Waals surface area contributed by atoms with Crippen LogP contribution in [-0.2, 0) is 0 Å². The van der Waals surface area contributed by atoms with E-state index in [1.807, 2.05) is 24.3 Å². The fourth-order valence-corrected chi connectivity index (χ4v) is 3.28. The van der Waals surface area contributed by atoms with E-state index in [4.69, 9.17) is 17.3 Å². The van der Waals surface area contributed by atoms with Gasteiger partial charge < -0.3 is 16.4 Å². The van der Waals surface area contributed by atoms with E-state index in [-0.39, 0.29) is 5.91 Å². The Balaban J connectivity index is 1.77. The average Bonchev–Trinajstić information content (AvgIpc) is 2.60. The third kappa shape index (κ3) is 4.01. The second-order valence-electron chi connectivity index (χ2n) is 6.22. The minimum absolute atomic E-state index is 0.189. The van der Waals surface area contributed by atoms with Crippen molar-refractivity contribution in [2.24, 2.45) is 0 Å². The minimum atomic E-state index is -0.189. The molecular formula is C19H22ClN3O. The molecule has 5 heteroatoms. The molecule has 4 N–H and O–H groups in total. The van der Waals surface area contributed by atoms with E-state index in [0.29, 0.717) is 28.0 Å². The molecule has 126 valence electrons. The molecule has 2 aromatic carbocycles. The van der Waals surface area contributed by atoms with Crippen molar-refractivity contribution in [3.63, 3.8) is 0 Å². The molecule has 0 atom stereocenters. The van der Waals surface area contributed by atoms with Gasteiger partial charge in [-0.1, -0.05) is 49.1 Å². The summed E-state index contributed by atoms with van der Waals surface area (Å²) in [6, 6.07) is 13.0. The van der Waals surface area contributed by atoms with E-state index in [9.17, 15) is 4.79 Å². The molecule has 1 aliphatic rings. The zero-order valence-electron chi connectivity index (χ0n) is 13.5. The zero-order chi connectivity index (χ0) is 16.9. The first-order valence-electron chi connectivity index (χ1n) is 8.35. The van der Waals surface area contributed by atoms with Gasteiger partial charge in [0, 0.05) is 11.6 Å². The van der Waals surface area contributed by atoms with Crippen LogP contribution in [0.15, 0.2) is 42.5 Å². The standard InChI is InChI=1S/C19H22ClN3O/c20-15-11-16(21)18(22-14-9-5-2-6-10-14)12-17(15)23-19(24)13-7-3-1-4-8-13/h1,3-4,7-8,11-12,14,22H,2,5-6,9-10,21H2,(H,23,24). The number of carbonyl (C=O) groups excluding carboxylic acids is 1. The third-order valence-corrected chi connectivity index (χ3v) is 4.70. The van der Waals surface area contributed by atoms with Gasteiger partial charge in [-0.15, -0.1) is 0 Å². The molecule has 4 nitrogen and oxygen atoms in total. The molecule has 0 aliphatic heterocycles. The van der Waals surface area contributed by atoms with Crippen LogP contribution in [0.2, 0.25) is 5.02 Å². The van der Waals surface area contributed by atoms with Crippen molar-refractivity contribution in [1.82, 2.24) is 0 Å². The molecule has 1 saturated carbocycles. The Morgan fingerprint density at radius 1 is 1.04 bits per heavy atom. The summed E-state index contributed by atoms with van der Waals surface area (Å²) in [5, 5.41) is 6.80. The lowest BCUT2D eigenvalue weighted by Crippen LogP contribution is -2.23. The fourth-order valence-electron chi connectivity index (χ4n) is 3.06. The number of anilines is 3. The monoisotopic (exact) mass is 343 g/mol. The topological polar surface area (TPSA) is 67.1 Å². The molecule has 0 saturated heterocycles. The molecule has 1 aliphatic carbocycles. The number of carbonyl (C=O) groups is 1. The van der Waals surface area contributed by atoms with Crippen LogP contribution in [0.3, 0.4) is 0 Å². The van der Waals surface area contributed by atoms with Gasteiger partial charge in [0.1, 0.15) is 0 Å². The molecule has 0 aromatic heterocycles. The van der Waals surface area contributed by atoms with E-state index in [1.54, 1.807) is 18.2 Å². The van der Waals surface area contributed by atoms with E-state index in [2.05, 4.69) is 10.6 Å². The van der Waals surface area contributed by atoms with Crippen LogP contribution in [-0.4, -0.2) is 11.9 Å². The summed E-state index contributed by atoms with van der Waals surface area (Å²) in [6.07, 6.45) is 6.07. The number of halogens is 1. The van der Waals surface area contributed by atoms with Crippen LogP contribution >= 0.6 is 11.6 Å². The van der Waals surface area contributed by atoms with Crippen LogP contribution in [0.4, 0.5) is 17.1 Å². The SMILES string of the molecule is Nc1cc(Cl)c(NC(=O)c2ccccc2)cc1NC1CCCCC1. The van der Waals surface area contributed by atoms with Gasteiger partial charge in [-0.3, -0.25) is 4.79 Å². The summed E-state index contributed by atoms with van der Waals surface area (Å²) >= 11 is 6.25. The van der Waals surface area contributed by atoms with Gasteiger partial charge in [0.05, 0.1) is 22.1 Å². The summed E-state index contributed by atoms with van der Waals surface area (Å²) in [5.74, 6) is -0.189. The van der Waals surface area contributed by atoms with Crippen molar-refractivity contribution < 1.29 is 4.79 Å². The van der Waals surface area contributed by atoms with Crippen LogP contribution in [0.5, 0.6) is 0 Å². The first-order chi connectivity index (χ1) is 11.6. The normalized spacial score (nSPS) is 15.0. The van der Waals surface area contributed by atoms with Gasteiger partial charge in [0.25, 0.3) is 5.91 Å². The summed E-state index contributed by atoms with van der Waals surface area (Å²) in [4.78, 5) is 12.3. The molecule has 0 heterocycles.